The Morgan fingerprint density at radius 2 is 1.52 bits per heavy atom. The van der Waals surface area contributed by atoms with Crippen LogP contribution in [-0.4, -0.2) is 63.7 Å². The molecule has 1 aliphatic heterocycles. The third kappa shape index (κ3) is 3.86. The molecule has 0 aromatic carbocycles. The molecule has 1 saturated carbocycles. The molecule has 0 radical (unpaired) electrons. The zero-order chi connectivity index (χ0) is 15.4. The third-order valence-corrected chi connectivity index (χ3v) is 4.41. The van der Waals surface area contributed by atoms with Crippen molar-refractivity contribution in [3.05, 3.63) is 0 Å². The molecule has 0 aromatic rings. The van der Waals surface area contributed by atoms with Gasteiger partial charge in [0, 0.05) is 12.6 Å². The van der Waals surface area contributed by atoms with Crippen molar-refractivity contribution in [1.29, 1.82) is 0 Å². The molecule has 1 aliphatic carbocycles. The van der Waals surface area contributed by atoms with Crippen LogP contribution in [0.5, 0.6) is 0 Å². The summed E-state index contributed by atoms with van der Waals surface area (Å²) in [5, 5.41) is 17.7. The van der Waals surface area contributed by atoms with Gasteiger partial charge in [-0.25, -0.2) is 4.79 Å². The van der Waals surface area contributed by atoms with E-state index in [4.69, 9.17) is 10.2 Å². The van der Waals surface area contributed by atoms with E-state index >= 15 is 0 Å². The maximum absolute atomic E-state index is 12.5. The first-order valence-corrected chi connectivity index (χ1v) is 7.48. The van der Waals surface area contributed by atoms with Crippen molar-refractivity contribution < 1.29 is 24.6 Å². The number of hydrogen-bond acceptors (Lipinski definition) is 3. The highest BCUT2D eigenvalue weighted by atomic mass is 16.4. The minimum absolute atomic E-state index is 0.144. The third-order valence-electron chi connectivity index (χ3n) is 4.41. The van der Waals surface area contributed by atoms with Crippen LogP contribution in [0.3, 0.4) is 0 Å². The van der Waals surface area contributed by atoms with Gasteiger partial charge in [-0.1, -0.05) is 12.8 Å². The number of carbonyl (C=O) groups is 3. The van der Waals surface area contributed by atoms with Crippen molar-refractivity contribution in [2.75, 3.05) is 19.6 Å². The standard InChI is InChI=1S/C14H22N2O5/c17-12(18)8-15(9-13(19)20)14(21)16-7-3-6-11(16)10-4-1-2-5-10/h10-11H,1-9H2,(H,17,18)(H,19,20). The number of rotatable bonds is 5. The Morgan fingerprint density at radius 1 is 0.952 bits per heavy atom. The molecule has 0 bridgehead atoms. The maximum atomic E-state index is 12.5. The number of nitrogens with zero attached hydrogens (tertiary/aromatic N) is 2. The molecule has 2 amide bonds. The minimum Gasteiger partial charge on any atom is -0.480 e. The van der Waals surface area contributed by atoms with Gasteiger partial charge in [0.1, 0.15) is 13.1 Å². The fraction of sp³-hybridized carbons (Fsp3) is 0.786. The average Bonchev–Trinajstić information content (AvgIpc) is 3.06. The van der Waals surface area contributed by atoms with Gasteiger partial charge in [-0.3, -0.25) is 9.59 Å². The Balaban J connectivity index is 2.06. The molecule has 2 rings (SSSR count). The van der Waals surface area contributed by atoms with Gasteiger partial charge in [-0.2, -0.15) is 0 Å². The molecule has 1 saturated heterocycles. The Labute approximate surface area is 123 Å². The summed E-state index contributed by atoms with van der Waals surface area (Å²) in [4.78, 5) is 36.8. The van der Waals surface area contributed by atoms with Crippen molar-refractivity contribution in [1.82, 2.24) is 9.80 Å². The Kier molecular flexibility index (Phi) is 5.03. The maximum Gasteiger partial charge on any atom is 0.323 e. The molecule has 21 heavy (non-hydrogen) atoms. The van der Waals surface area contributed by atoms with Crippen LogP contribution in [0, 0.1) is 5.92 Å². The lowest BCUT2D eigenvalue weighted by Gasteiger charge is -2.33. The molecule has 7 heteroatoms. The molecular formula is C14H22N2O5. The second kappa shape index (κ2) is 6.78. The lowest BCUT2D eigenvalue weighted by molar-refractivity contribution is -0.140. The predicted molar refractivity (Wildman–Crippen MR) is 73.9 cm³/mol. The van der Waals surface area contributed by atoms with Gasteiger partial charge in [0.05, 0.1) is 0 Å². The van der Waals surface area contributed by atoms with E-state index in [0.29, 0.717) is 12.5 Å². The van der Waals surface area contributed by atoms with Gasteiger partial charge in [0.15, 0.2) is 0 Å². The van der Waals surface area contributed by atoms with E-state index in [2.05, 4.69) is 0 Å². The van der Waals surface area contributed by atoms with Crippen molar-refractivity contribution >= 4 is 18.0 Å². The molecule has 2 aliphatic rings. The highest BCUT2D eigenvalue weighted by Crippen LogP contribution is 2.35. The van der Waals surface area contributed by atoms with Gasteiger partial charge < -0.3 is 20.0 Å². The summed E-state index contributed by atoms with van der Waals surface area (Å²) in [6.07, 6.45) is 6.40. The summed E-state index contributed by atoms with van der Waals surface area (Å²) in [5.74, 6) is -1.91. The predicted octanol–water partition coefficient (Wildman–Crippen LogP) is 1.23. The van der Waals surface area contributed by atoms with Crippen LogP contribution in [-0.2, 0) is 9.59 Å². The number of likely N-dealkylation sites (tertiary alicyclic amines) is 1. The zero-order valence-electron chi connectivity index (χ0n) is 12.0. The number of carboxylic acids is 2. The second-order valence-electron chi connectivity index (χ2n) is 5.87. The lowest BCUT2D eigenvalue weighted by atomic mass is 9.96. The number of amides is 2. The Morgan fingerprint density at radius 3 is 2.05 bits per heavy atom. The van der Waals surface area contributed by atoms with E-state index in [-0.39, 0.29) is 6.04 Å². The van der Waals surface area contributed by atoms with E-state index in [0.717, 1.165) is 30.6 Å². The SMILES string of the molecule is O=C(O)CN(CC(=O)O)C(=O)N1CCCC1C1CCCC1. The summed E-state index contributed by atoms with van der Waals surface area (Å²) >= 11 is 0. The zero-order valence-corrected chi connectivity index (χ0v) is 12.0. The normalized spacial score (nSPS) is 22.5. The molecular weight excluding hydrogens is 276 g/mol. The number of carbonyl (C=O) groups excluding carboxylic acids is 1. The summed E-state index contributed by atoms with van der Waals surface area (Å²) in [6.45, 7) is -0.548. The van der Waals surface area contributed by atoms with Gasteiger partial charge in [-0.05, 0) is 31.6 Å². The summed E-state index contributed by atoms with van der Waals surface area (Å²) < 4.78 is 0. The van der Waals surface area contributed by atoms with E-state index in [1.807, 2.05) is 0 Å². The van der Waals surface area contributed by atoms with Crippen LogP contribution in [0.15, 0.2) is 0 Å². The lowest BCUT2D eigenvalue weighted by Crippen LogP contribution is -2.50. The van der Waals surface area contributed by atoms with Gasteiger partial charge >= 0.3 is 18.0 Å². The fourth-order valence-electron chi connectivity index (χ4n) is 3.56. The number of carboxylic acid groups (broad SMARTS) is 2. The van der Waals surface area contributed by atoms with Crippen LogP contribution in [0.1, 0.15) is 38.5 Å². The van der Waals surface area contributed by atoms with Crippen LogP contribution in [0.25, 0.3) is 0 Å². The van der Waals surface area contributed by atoms with Crippen LogP contribution >= 0.6 is 0 Å². The van der Waals surface area contributed by atoms with E-state index in [1.165, 1.54) is 12.8 Å². The molecule has 0 aromatic heterocycles. The average molecular weight is 298 g/mol. The summed E-state index contributed by atoms with van der Waals surface area (Å²) in [6, 6.07) is -0.306. The first-order chi connectivity index (χ1) is 9.99. The van der Waals surface area contributed by atoms with Gasteiger partial charge in [-0.15, -0.1) is 0 Å². The highest BCUT2D eigenvalue weighted by Gasteiger charge is 2.38. The molecule has 2 fully saturated rings. The Bertz CT molecular complexity index is 404. The van der Waals surface area contributed by atoms with Crippen LogP contribution < -0.4 is 0 Å². The van der Waals surface area contributed by atoms with Gasteiger partial charge in [0.25, 0.3) is 0 Å². The number of urea groups is 1. The highest BCUT2D eigenvalue weighted by molar-refractivity contribution is 5.84. The van der Waals surface area contributed by atoms with Crippen LogP contribution in [0.2, 0.25) is 0 Å². The smallest absolute Gasteiger partial charge is 0.323 e. The first kappa shape index (κ1) is 15.6. The molecule has 118 valence electrons. The second-order valence-corrected chi connectivity index (χ2v) is 5.87. The minimum atomic E-state index is -1.19. The van der Waals surface area contributed by atoms with E-state index in [9.17, 15) is 14.4 Å². The topological polar surface area (TPSA) is 98.1 Å². The molecule has 1 heterocycles. The first-order valence-electron chi connectivity index (χ1n) is 7.48. The van der Waals surface area contributed by atoms with Crippen molar-refractivity contribution in [3.63, 3.8) is 0 Å². The van der Waals surface area contributed by atoms with Gasteiger partial charge in [0.2, 0.25) is 0 Å². The summed E-state index contributed by atoms with van der Waals surface area (Å²) in [7, 11) is 0. The molecule has 1 unspecified atom stereocenters. The summed E-state index contributed by atoms with van der Waals surface area (Å²) in [5.41, 5.74) is 0. The Hall–Kier alpha value is -1.79. The number of hydrogen-bond donors (Lipinski definition) is 2. The quantitative estimate of drug-likeness (QED) is 0.795. The van der Waals surface area contributed by atoms with E-state index in [1.54, 1.807) is 4.90 Å². The largest absolute Gasteiger partial charge is 0.480 e. The van der Waals surface area contributed by atoms with E-state index < -0.39 is 31.1 Å². The molecule has 1 atom stereocenters. The molecule has 7 nitrogen and oxygen atoms in total. The monoisotopic (exact) mass is 298 g/mol. The molecule has 0 spiro atoms. The molecule has 2 N–H and O–H groups in total. The van der Waals surface area contributed by atoms with Crippen molar-refractivity contribution in [3.8, 4) is 0 Å². The number of aliphatic carboxylic acids is 2. The van der Waals surface area contributed by atoms with Crippen molar-refractivity contribution in [2.45, 2.75) is 44.6 Å². The van der Waals surface area contributed by atoms with Crippen LogP contribution in [0.4, 0.5) is 4.79 Å². The fourth-order valence-corrected chi connectivity index (χ4v) is 3.56. The van der Waals surface area contributed by atoms with Crippen molar-refractivity contribution in [2.24, 2.45) is 5.92 Å².